The van der Waals surface area contributed by atoms with Crippen molar-refractivity contribution in [3.05, 3.63) is 63.8 Å². The first-order valence-electron chi connectivity index (χ1n) is 14.2. The molecule has 0 unspecified atom stereocenters. The van der Waals surface area contributed by atoms with Gasteiger partial charge in [-0.2, -0.15) is 0 Å². The van der Waals surface area contributed by atoms with Crippen LogP contribution in [0.2, 0.25) is 0 Å². The maximum absolute atomic E-state index is 13.9. The molecule has 2 saturated carbocycles. The molecule has 3 aliphatic rings. The SMILES string of the molecule is COCCOc1cc(NC2CCCC2)cc2c(C3=CC=NC(NC4CCCC4)=C[I-]3)c(-c3ccc(F)cc3)nn12. The fourth-order valence-electron chi connectivity index (χ4n) is 5.73. The predicted molar refractivity (Wildman–Crippen MR) is 154 cm³/mol. The van der Waals surface area contributed by atoms with Crippen LogP contribution in [0.1, 0.15) is 56.9 Å². The summed E-state index contributed by atoms with van der Waals surface area (Å²) < 4.78 is 30.7. The van der Waals surface area contributed by atoms with Gasteiger partial charge in [-0.15, -0.1) is 0 Å². The van der Waals surface area contributed by atoms with Crippen LogP contribution < -0.4 is 36.6 Å². The molecule has 6 rings (SSSR count). The molecule has 2 aliphatic carbocycles. The van der Waals surface area contributed by atoms with Gasteiger partial charge in [-0.05, 0) is 0 Å². The van der Waals surface area contributed by atoms with Gasteiger partial charge in [0.15, 0.2) is 0 Å². The van der Waals surface area contributed by atoms with E-state index in [0.717, 1.165) is 33.8 Å². The van der Waals surface area contributed by atoms with Gasteiger partial charge in [0.05, 0.1) is 0 Å². The van der Waals surface area contributed by atoms with Crippen molar-refractivity contribution in [2.45, 2.75) is 63.5 Å². The number of nitrogens with one attached hydrogen (secondary N) is 2. The Balaban J connectivity index is 1.44. The van der Waals surface area contributed by atoms with Crippen LogP contribution in [0, 0.1) is 5.82 Å². The number of ether oxygens (including phenoxy) is 2. The van der Waals surface area contributed by atoms with Gasteiger partial charge in [0, 0.05) is 0 Å². The normalized spacial score (nSPS) is 18.4. The summed E-state index contributed by atoms with van der Waals surface area (Å²) in [6.07, 6.45) is 13.9. The zero-order chi connectivity index (χ0) is 27.3. The third kappa shape index (κ3) is 6.20. The van der Waals surface area contributed by atoms with Crippen molar-refractivity contribution in [3.8, 4) is 17.1 Å². The summed E-state index contributed by atoms with van der Waals surface area (Å²) in [4.78, 5) is 4.74. The summed E-state index contributed by atoms with van der Waals surface area (Å²) in [6.45, 7) is 0.899. The summed E-state index contributed by atoms with van der Waals surface area (Å²) in [5.41, 5.74) is 4.73. The van der Waals surface area contributed by atoms with Crippen LogP contribution in [0.3, 0.4) is 0 Å². The number of pyridine rings is 1. The molecule has 1 aliphatic heterocycles. The van der Waals surface area contributed by atoms with Gasteiger partial charge in [0.1, 0.15) is 0 Å². The first-order chi connectivity index (χ1) is 19.7. The second-order valence-electron chi connectivity index (χ2n) is 10.6. The topological polar surface area (TPSA) is 72.2 Å². The van der Waals surface area contributed by atoms with Crippen molar-refractivity contribution in [1.29, 1.82) is 0 Å². The molecule has 0 saturated heterocycles. The fraction of sp³-hybridized carbons (Fsp3) is 0.419. The Morgan fingerprint density at radius 2 is 1.70 bits per heavy atom. The quantitative estimate of drug-likeness (QED) is 0.259. The molecule has 0 spiro atoms. The van der Waals surface area contributed by atoms with Crippen molar-refractivity contribution in [2.75, 3.05) is 25.6 Å². The van der Waals surface area contributed by atoms with E-state index in [1.165, 1.54) is 67.1 Å². The Bertz CT molecular complexity index is 1420. The van der Waals surface area contributed by atoms with Gasteiger partial charge in [0.2, 0.25) is 0 Å². The third-order valence-electron chi connectivity index (χ3n) is 7.74. The minimum absolute atomic E-state index is 0.264. The number of hydrogen-bond donors (Lipinski definition) is 2. The number of anilines is 1. The Hall–Kier alpha value is -2.92. The summed E-state index contributed by atoms with van der Waals surface area (Å²) in [7, 11) is 1.67. The summed E-state index contributed by atoms with van der Waals surface area (Å²) in [5, 5.41) is 12.5. The average molecular weight is 657 g/mol. The molecule has 3 aromatic rings. The van der Waals surface area contributed by atoms with E-state index in [-0.39, 0.29) is 5.82 Å². The molecule has 7 nitrogen and oxygen atoms in total. The molecular weight excluding hydrogens is 620 g/mol. The van der Waals surface area contributed by atoms with Crippen LogP contribution >= 0.6 is 0 Å². The van der Waals surface area contributed by atoms with Crippen LogP contribution in [0.5, 0.6) is 5.88 Å². The first kappa shape index (κ1) is 27.3. The van der Waals surface area contributed by atoms with Crippen molar-refractivity contribution >= 4 is 21.0 Å². The second-order valence-corrected chi connectivity index (χ2v) is 13.0. The average Bonchev–Trinajstić information content (AvgIpc) is 3.70. The van der Waals surface area contributed by atoms with Crippen LogP contribution in [0.4, 0.5) is 10.1 Å². The molecule has 40 heavy (non-hydrogen) atoms. The second kappa shape index (κ2) is 12.7. The van der Waals surface area contributed by atoms with Crippen molar-refractivity contribution in [2.24, 2.45) is 4.99 Å². The van der Waals surface area contributed by atoms with E-state index in [0.29, 0.717) is 31.2 Å². The molecule has 0 radical (unpaired) electrons. The number of methoxy groups -OCH3 is 1. The monoisotopic (exact) mass is 656 g/mol. The fourth-order valence-corrected chi connectivity index (χ4v) is 7.91. The van der Waals surface area contributed by atoms with Crippen LogP contribution in [-0.2, 0) is 4.74 Å². The van der Waals surface area contributed by atoms with Crippen LogP contribution in [0.25, 0.3) is 20.4 Å². The first-order valence-corrected chi connectivity index (χ1v) is 16.6. The molecule has 0 amide bonds. The van der Waals surface area contributed by atoms with Crippen molar-refractivity contribution in [1.82, 2.24) is 14.9 Å². The number of allylic oxidation sites excluding steroid dienone is 1. The molecule has 9 heteroatoms. The van der Waals surface area contributed by atoms with Gasteiger partial charge in [-0.1, -0.05) is 0 Å². The Morgan fingerprint density at radius 1 is 0.975 bits per heavy atom. The zero-order valence-electron chi connectivity index (χ0n) is 22.8. The Kier molecular flexibility index (Phi) is 8.67. The van der Waals surface area contributed by atoms with Gasteiger partial charge in [0.25, 0.3) is 0 Å². The molecule has 2 fully saturated rings. The molecule has 2 N–H and O–H groups in total. The Labute approximate surface area is 245 Å². The number of aromatic nitrogens is 2. The number of aliphatic imine (C=N–C) groups is 1. The van der Waals surface area contributed by atoms with Crippen LogP contribution in [0.15, 0.2) is 57.4 Å². The van der Waals surface area contributed by atoms with E-state index in [9.17, 15) is 4.39 Å². The van der Waals surface area contributed by atoms with E-state index in [1.54, 1.807) is 19.2 Å². The molecule has 2 aromatic heterocycles. The van der Waals surface area contributed by atoms with E-state index in [1.807, 2.05) is 16.8 Å². The maximum atomic E-state index is 13.9. The minimum atomic E-state index is -0.528. The molecule has 0 bridgehead atoms. The number of rotatable bonds is 10. The molecule has 212 valence electrons. The number of benzene rings is 1. The van der Waals surface area contributed by atoms with Gasteiger partial charge in [-0.25, -0.2) is 0 Å². The standard InChI is InChI=1S/C31H36FIN5O2/c1-39-16-17-40-29-19-25(35-23-6-2-3-7-23)18-27-30(31(37-38(27)29)21-10-12-22(32)13-11-21)26-14-15-34-28(20-33-26)36-24-8-4-5-9-24/h10-15,18-20,23-24,35-36H,2-9,16-17H2,1H3/q-1. The van der Waals surface area contributed by atoms with E-state index >= 15 is 0 Å². The van der Waals surface area contributed by atoms with Crippen molar-refractivity contribution in [3.63, 3.8) is 0 Å². The van der Waals surface area contributed by atoms with Crippen LogP contribution in [-0.4, -0.2) is 48.2 Å². The number of fused-ring (bicyclic) bond motifs is 1. The van der Waals surface area contributed by atoms with Gasteiger partial charge < -0.3 is 0 Å². The molecular formula is C31H36FIN5O2-. The van der Waals surface area contributed by atoms with E-state index < -0.39 is 21.2 Å². The predicted octanol–water partition coefficient (Wildman–Crippen LogP) is 3.37. The van der Waals surface area contributed by atoms with Gasteiger partial charge >= 0.3 is 246 Å². The zero-order valence-corrected chi connectivity index (χ0v) is 25.0. The molecule has 0 atom stereocenters. The Morgan fingerprint density at radius 3 is 2.42 bits per heavy atom. The third-order valence-corrected chi connectivity index (χ3v) is 10.2. The molecule has 1 aromatic carbocycles. The molecule has 3 heterocycles. The summed E-state index contributed by atoms with van der Waals surface area (Å²) >= 11 is -0.528. The number of nitrogens with zero attached hydrogens (tertiary/aromatic N) is 3. The van der Waals surface area contributed by atoms with E-state index in [2.05, 4.69) is 26.9 Å². The van der Waals surface area contributed by atoms with E-state index in [4.69, 9.17) is 19.6 Å². The summed E-state index contributed by atoms with van der Waals surface area (Å²) in [6, 6.07) is 11.8. The van der Waals surface area contributed by atoms with Crippen molar-refractivity contribution < 1.29 is 35.1 Å². The number of hydrogen-bond acceptors (Lipinski definition) is 6. The summed E-state index contributed by atoms with van der Waals surface area (Å²) in [5.74, 6) is 1.36. The van der Waals surface area contributed by atoms with Gasteiger partial charge in [-0.3, -0.25) is 0 Å². The number of halogens is 2.